The number of hydrogen-bond acceptors (Lipinski definition) is 1. The summed E-state index contributed by atoms with van der Waals surface area (Å²) >= 11 is 5.16. The second-order valence-electron chi connectivity index (χ2n) is 5.51. The van der Waals surface area contributed by atoms with E-state index in [1.807, 2.05) is 0 Å². The zero-order valence-electron chi connectivity index (χ0n) is 11.8. The Hall–Kier alpha value is -1.30. The van der Waals surface area contributed by atoms with Crippen LogP contribution in [0.3, 0.4) is 0 Å². The van der Waals surface area contributed by atoms with Crippen molar-refractivity contribution in [3.8, 4) is 0 Å². The molecule has 1 aromatic rings. The van der Waals surface area contributed by atoms with Crippen LogP contribution in [0.5, 0.6) is 0 Å². The Bertz CT molecular complexity index is 502. The second kappa shape index (κ2) is 6.64. The Balaban J connectivity index is 2.03. The molecule has 1 aliphatic carbocycles. The van der Waals surface area contributed by atoms with Crippen LogP contribution in [0.2, 0.25) is 0 Å². The van der Waals surface area contributed by atoms with Crippen molar-refractivity contribution in [1.82, 2.24) is 5.32 Å². The lowest BCUT2D eigenvalue weighted by molar-refractivity contribution is -0.136. The molecule has 0 bridgehead atoms. The first-order chi connectivity index (χ1) is 9.88. The molecular weight excluding hydrogens is 297 g/mol. The molecule has 0 aliphatic heterocycles. The van der Waals surface area contributed by atoms with Gasteiger partial charge in [-0.2, -0.15) is 13.2 Å². The molecule has 1 saturated carbocycles. The first-order valence-corrected chi connectivity index (χ1v) is 7.52. The van der Waals surface area contributed by atoms with Crippen LogP contribution in [0.1, 0.15) is 38.2 Å². The maximum Gasteiger partial charge on any atom is 0.418 e. The third-order valence-corrected chi connectivity index (χ3v) is 4.13. The van der Waals surface area contributed by atoms with Crippen molar-refractivity contribution in [2.24, 2.45) is 5.92 Å². The van der Waals surface area contributed by atoms with E-state index in [1.54, 1.807) is 6.07 Å². The minimum Gasteiger partial charge on any atom is -0.359 e. The highest BCUT2D eigenvalue weighted by atomic mass is 32.1. The molecule has 2 atom stereocenters. The van der Waals surface area contributed by atoms with E-state index in [4.69, 9.17) is 12.2 Å². The Morgan fingerprint density at radius 3 is 2.52 bits per heavy atom. The normalized spacial score (nSPS) is 22.7. The summed E-state index contributed by atoms with van der Waals surface area (Å²) in [6.45, 7) is 2.14. The number of nitrogens with one attached hydrogen (secondary N) is 2. The molecule has 1 aromatic carbocycles. The van der Waals surface area contributed by atoms with Gasteiger partial charge in [-0.1, -0.05) is 31.9 Å². The average molecular weight is 316 g/mol. The monoisotopic (exact) mass is 316 g/mol. The van der Waals surface area contributed by atoms with Crippen LogP contribution in [0, 0.1) is 5.92 Å². The summed E-state index contributed by atoms with van der Waals surface area (Å²) in [5, 5.41) is 6.09. The fourth-order valence-electron chi connectivity index (χ4n) is 2.70. The van der Waals surface area contributed by atoms with Gasteiger partial charge in [-0.05, 0) is 43.1 Å². The summed E-state index contributed by atoms with van der Waals surface area (Å²) in [7, 11) is 0. The van der Waals surface area contributed by atoms with Gasteiger partial charge in [0.25, 0.3) is 0 Å². The number of hydrogen-bond donors (Lipinski definition) is 2. The maximum absolute atomic E-state index is 12.9. The predicted octanol–water partition coefficient (Wildman–Crippen LogP) is 4.57. The van der Waals surface area contributed by atoms with E-state index >= 15 is 0 Å². The predicted molar refractivity (Wildman–Crippen MR) is 82.2 cm³/mol. The number of halogens is 3. The molecule has 2 N–H and O–H groups in total. The van der Waals surface area contributed by atoms with Crippen molar-refractivity contribution >= 4 is 23.0 Å². The highest BCUT2D eigenvalue weighted by Crippen LogP contribution is 2.34. The number of rotatable bonds is 2. The van der Waals surface area contributed by atoms with E-state index in [0.29, 0.717) is 5.92 Å². The molecule has 0 radical (unpaired) electrons. The van der Waals surface area contributed by atoms with Crippen LogP contribution in [-0.4, -0.2) is 11.2 Å². The topological polar surface area (TPSA) is 24.1 Å². The van der Waals surface area contributed by atoms with Gasteiger partial charge in [-0.25, -0.2) is 0 Å². The summed E-state index contributed by atoms with van der Waals surface area (Å²) in [5.41, 5.74) is -0.711. The largest absolute Gasteiger partial charge is 0.418 e. The van der Waals surface area contributed by atoms with Crippen molar-refractivity contribution in [3.63, 3.8) is 0 Å². The molecule has 0 spiro atoms. The van der Waals surface area contributed by atoms with E-state index in [9.17, 15) is 13.2 Å². The summed E-state index contributed by atoms with van der Waals surface area (Å²) in [6, 6.07) is 5.60. The zero-order valence-corrected chi connectivity index (χ0v) is 12.7. The Morgan fingerprint density at radius 2 is 1.86 bits per heavy atom. The average Bonchev–Trinajstić information content (AvgIpc) is 2.41. The molecule has 0 amide bonds. The number of benzene rings is 1. The molecule has 2 nitrogen and oxygen atoms in total. The Morgan fingerprint density at radius 1 is 1.19 bits per heavy atom. The number of para-hydroxylation sites is 1. The smallest absolute Gasteiger partial charge is 0.359 e. The van der Waals surface area contributed by atoms with Crippen LogP contribution in [0.25, 0.3) is 0 Å². The van der Waals surface area contributed by atoms with Crippen molar-refractivity contribution in [3.05, 3.63) is 29.8 Å². The van der Waals surface area contributed by atoms with Gasteiger partial charge < -0.3 is 10.6 Å². The van der Waals surface area contributed by atoms with Crippen molar-refractivity contribution in [2.75, 3.05) is 5.32 Å². The fraction of sp³-hybridized carbons (Fsp3) is 0.533. The van der Waals surface area contributed by atoms with Gasteiger partial charge in [0.1, 0.15) is 0 Å². The zero-order chi connectivity index (χ0) is 15.5. The summed E-state index contributed by atoms with van der Waals surface area (Å²) < 4.78 is 38.7. The van der Waals surface area contributed by atoms with E-state index in [-0.39, 0.29) is 16.8 Å². The van der Waals surface area contributed by atoms with E-state index < -0.39 is 11.7 Å². The lowest BCUT2D eigenvalue weighted by Gasteiger charge is -2.30. The van der Waals surface area contributed by atoms with Gasteiger partial charge in [0.15, 0.2) is 5.11 Å². The highest BCUT2D eigenvalue weighted by Gasteiger charge is 2.33. The van der Waals surface area contributed by atoms with Crippen molar-refractivity contribution < 1.29 is 13.2 Å². The highest BCUT2D eigenvalue weighted by molar-refractivity contribution is 7.80. The van der Waals surface area contributed by atoms with Crippen LogP contribution in [0.15, 0.2) is 24.3 Å². The molecule has 1 aliphatic rings. The van der Waals surface area contributed by atoms with Crippen molar-refractivity contribution in [1.29, 1.82) is 0 Å². The molecule has 116 valence electrons. The standard InChI is InChI=1S/C15H19F3N2S/c1-10-6-2-4-8-12(10)19-14(21)20-13-9-5-3-7-11(13)15(16,17)18/h3,5,7,9-10,12H,2,4,6,8H2,1H3,(H2,19,20,21). The minimum atomic E-state index is -4.39. The quantitative estimate of drug-likeness (QED) is 0.782. The Kier molecular flexibility index (Phi) is 5.08. The third kappa shape index (κ3) is 4.33. The number of thiocarbonyl (C=S) groups is 1. The molecule has 2 unspecified atom stereocenters. The van der Waals surface area contributed by atoms with E-state index in [1.165, 1.54) is 18.6 Å². The van der Waals surface area contributed by atoms with Gasteiger partial charge in [0, 0.05) is 6.04 Å². The van der Waals surface area contributed by atoms with Crippen LogP contribution >= 0.6 is 12.2 Å². The molecule has 0 saturated heterocycles. The van der Waals surface area contributed by atoms with Gasteiger partial charge in [0.2, 0.25) is 0 Å². The molecular formula is C15H19F3N2S. The van der Waals surface area contributed by atoms with Crippen molar-refractivity contribution in [2.45, 2.75) is 44.8 Å². The lowest BCUT2D eigenvalue weighted by Crippen LogP contribution is -2.43. The van der Waals surface area contributed by atoms with E-state index in [0.717, 1.165) is 25.3 Å². The van der Waals surface area contributed by atoms with Gasteiger partial charge in [-0.3, -0.25) is 0 Å². The van der Waals surface area contributed by atoms with Gasteiger partial charge in [-0.15, -0.1) is 0 Å². The van der Waals surface area contributed by atoms with Gasteiger partial charge in [0.05, 0.1) is 11.3 Å². The molecule has 0 heterocycles. The summed E-state index contributed by atoms with van der Waals surface area (Å²) in [4.78, 5) is 0. The third-order valence-electron chi connectivity index (χ3n) is 3.91. The fourth-order valence-corrected chi connectivity index (χ4v) is 2.96. The van der Waals surface area contributed by atoms with Crippen LogP contribution < -0.4 is 10.6 Å². The first kappa shape index (κ1) is 16.1. The summed E-state index contributed by atoms with van der Waals surface area (Å²) in [6.07, 6.45) is 0.0703. The SMILES string of the molecule is CC1CCCCC1NC(=S)Nc1ccccc1C(F)(F)F. The minimum absolute atomic E-state index is 0.00837. The molecule has 21 heavy (non-hydrogen) atoms. The number of alkyl halides is 3. The number of anilines is 1. The molecule has 6 heteroatoms. The Labute approximate surface area is 128 Å². The summed E-state index contributed by atoms with van der Waals surface area (Å²) in [5.74, 6) is 0.483. The van der Waals surface area contributed by atoms with Crippen LogP contribution in [0.4, 0.5) is 18.9 Å². The molecule has 2 rings (SSSR count). The van der Waals surface area contributed by atoms with Crippen LogP contribution in [-0.2, 0) is 6.18 Å². The molecule has 1 fully saturated rings. The van der Waals surface area contributed by atoms with Gasteiger partial charge >= 0.3 is 6.18 Å². The second-order valence-corrected chi connectivity index (χ2v) is 5.92. The van der Waals surface area contributed by atoms with E-state index in [2.05, 4.69) is 17.6 Å². The maximum atomic E-state index is 12.9. The lowest BCUT2D eigenvalue weighted by atomic mass is 9.86. The first-order valence-electron chi connectivity index (χ1n) is 7.11. The molecule has 0 aromatic heterocycles.